The minimum atomic E-state index is -0.169. The molecule has 0 saturated carbocycles. The maximum Gasteiger partial charge on any atom is 0.276 e. The fourth-order valence-corrected chi connectivity index (χ4v) is 3.83. The van der Waals surface area contributed by atoms with Crippen LogP contribution in [-0.2, 0) is 6.54 Å². The van der Waals surface area contributed by atoms with Gasteiger partial charge in [0.2, 0.25) is 0 Å². The molecule has 0 aliphatic rings. The molecular weight excluding hydrogens is 402 g/mol. The third-order valence-corrected chi connectivity index (χ3v) is 5.86. The zero-order valence-electron chi connectivity index (χ0n) is 17.9. The summed E-state index contributed by atoms with van der Waals surface area (Å²) in [6.07, 6.45) is 5.31. The molecule has 3 heterocycles. The number of carbonyl (C=O) groups is 1. The van der Waals surface area contributed by atoms with E-state index in [1.165, 1.54) is 11.1 Å². The monoisotopic (exact) mass is 425 g/mol. The van der Waals surface area contributed by atoms with Gasteiger partial charge in [-0.1, -0.05) is 18.2 Å². The van der Waals surface area contributed by atoms with Crippen molar-refractivity contribution >= 4 is 22.3 Å². The molecule has 0 saturated heterocycles. The van der Waals surface area contributed by atoms with Crippen molar-refractivity contribution in [2.24, 2.45) is 0 Å². The standard InChI is InChI=1S/C25H23N5O2/c1-16-3-4-19(13-17(16)2)22-15-23-25(32)29(11-12-30(23)28-22)10-9-27-24(31)20-6-5-18-7-8-26-21(18)14-20/h3-8,11-15,26H,9-10H2,1-2H3,(H,27,31). The number of aromatic nitrogens is 4. The predicted molar refractivity (Wildman–Crippen MR) is 125 cm³/mol. The summed E-state index contributed by atoms with van der Waals surface area (Å²) in [5, 5.41) is 8.50. The molecule has 0 aliphatic heterocycles. The average Bonchev–Trinajstić information content (AvgIpc) is 3.44. The number of amides is 1. The average molecular weight is 425 g/mol. The highest BCUT2D eigenvalue weighted by atomic mass is 16.1. The first-order chi connectivity index (χ1) is 15.5. The van der Waals surface area contributed by atoms with Gasteiger partial charge in [-0.3, -0.25) is 9.59 Å². The first kappa shape index (κ1) is 19.8. The molecule has 32 heavy (non-hydrogen) atoms. The van der Waals surface area contributed by atoms with Crippen LogP contribution in [0.1, 0.15) is 21.5 Å². The van der Waals surface area contributed by atoms with Crippen LogP contribution in [0.15, 0.2) is 71.9 Å². The smallest absolute Gasteiger partial charge is 0.276 e. The van der Waals surface area contributed by atoms with Crippen molar-refractivity contribution in [3.63, 3.8) is 0 Å². The number of nitrogens with one attached hydrogen (secondary N) is 2. The first-order valence-corrected chi connectivity index (χ1v) is 10.5. The Morgan fingerprint density at radius 3 is 2.75 bits per heavy atom. The lowest BCUT2D eigenvalue weighted by Gasteiger charge is -2.08. The van der Waals surface area contributed by atoms with Crippen LogP contribution in [0, 0.1) is 13.8 Å². The van der Waals surface area contributed by atoms with Gasteiger partial charge in [-0.2, -0.15) is 5.10 Å². The number of fused-ring (bicyclic) bond motifs is 2. The summed E-state index contributed by atoms with van der Waals surface area (Å²) in [5.41, 5.74) is 6.00. The van der Waals surface area contributed by atoms with E-state index in [-0.39, 0.29) is 11.5 Å². The van der Waals surface area contributed by atoms with Gasteiger partial charge in [0, 0.05) is 48.3 Å². The van der Waals surface area contributed by atoms with E-state index < -0.39 is 0 Å². The Kier molecular flexibility index (Phi) is 4.86. The number of rotatable bonds is 5. The predicted octanol–water partition coefficient (Wildman–Crippen LogP) is 3.69. The number of aryl methyl sites for hydroxylation is 2. The molecule has 5 rings (SSSR count). The van der Waals surface area contributed by atoms with Gasteiger partial charge < -0.3 is 14.9 Å². The van der Waals surface area contributed by atoms with Gasteiger partial charge in [-0.15, -0.1) is 0 Å². The van der Waals surface area contributed by atoms with Crippen molar-refractivity contribution in [3.05, 3.63) is 94.2 Å². The molecule has 0 spiro atoms. The molecule has 2 N–H and O–H groups in total. The van der Waals surface area contributed by atoms with E-state index in [9.17, 15) is 9.59 Å². The van der Waals surface area contributed by atoms with Crippen LogP contribution in [0.25, 0.3) is 27.7 Å². The van der Waals surface area contributed by atoms with Crippen LogP contribution in [0.2, 0.25) is 0 Å². The number of H-pyrrole nitrogens is 1. The van der Waals surface area contributed by atoms with Crippen LogP contribution in [-0.4, -0.2) is 31.6 Å². The highest BCUT2D eigenvalue weighted by Crippen LogP contribution is 2.21. The molecule has 7 nitrogen and oxygen atoms in total. The van der Waals surface area contributed by atoms with Crippen LogP contribution in [0.3, 0.4) is 0 Å². The second-order valence-electron chi connectivity index (χ2n) is 7.99. The highest BCUT2D eigenvalue weighted by Gasteiger charge is 2.11. The number of carbonyl (C=O) groups excluding carboxylic acids is 1. The molecule has 0 bridgehead atoms. The fraction of sp³-hybridized carbons (Fsp3) is 0.160. The van der Waals surface area contributed by atoms with Crippen molar-refractivity contribution in [3.8, 4) is 11.3 Å². The largest absolute Gasteiger partial charge is 0.361 e. The van der Waals surface area contributed by atoms with E-state index in [2.05, 4.69) is 41.4 Å². The Morgan fingerprint density at radius 2 is 1.91 bits per heavy atom. The van der Waals surface area contributed by atoms with E-state index in [0.29, 0.717) is 24.2 Å². The molecule has 3 aromatic heterocycles. The summed E-state index contributed by atoms with van der Waals surface area (Å²) in [7, 11) is 0. The molecular formula is C25H23N5O2. The molecule has 0 aliphatic carbocycles. The van der Waals surface area contributed by atoms with Crippen LogP contribution >= 0.6 is 0 Å². The molecule has 7 heteroatoms. The quantitative estimate of drug-likeness (QED) is 0.450. The van der Waals surface area contributed by atoms with Gasteiger partial charge in [0.1, 0.15) is 5.52 Å². The maximum atomic E-state index is 12.9. The lowest BCUT2D eigenvalue weighted by molar-refractivity contribution is 0.0952. The second kappa shape index (κ2) is 7.85. The summed E-state index contributed by atoms with van der Waals surface area (Å²) in [5.74, 6) is -0.169. The third-order valence-electron chi connectivity index (χ3n) is 5.86. The van der Waals surface area contributed by atoms with Gasteiger partial charge in [0.15, 0.2) is 0 Å². The number of hydrogen-bond acceptors (Lipinski definition) is 3. The Labute approximate surface area is 184 Å². The van der Waals surface area contributed by atoms with E-state index in [0.717, 1.165) is 22.2 Å². The summed E-state index contributed by atoms with van der Waals surface area (Å²) in [4.78, 5) is 28.5. The number of benzene rings is 2. The minimum absolute atomic E-state index is 0.142. The van der Waals surface area contributed by atoms with E-state index >= 15 is 0 Å². The molecule has 160 valence electrons. The van der Waals surface area contributed by atoms with E-state index in [4.69, 9.17) is 0 Å². The SMILES string of the molecule is Cc1ccc(-c2cc3c(=O)n(CCNC(=O)c4ccc5cc[nH]c5c4)ccn3n2)cc1C. The minimum Gasteiger partial charge on any atom is -0.361 e. The van der Waals surface area contributed by atoms with Crippen molar-refractivity contribution in [2.75, 3.05) is 6.54 Å². The van der Waals surface area contributed by atoms with Crippen LogP contribution < -0.4 is 10.9 Å². The van der Waals surface area contributed by atoms with E-state index in [1.807, 2.05) is 36.5 Å². The molecule has 2 aromatic carbocycles. The van der Waals surface area contributed by atoms with Crippen LogP contribution in [0.4, 0.5) is 0 Å². The third kappa shape index (κ3) is 3.58. The molecule has 1 amide bonds. The highest BCUT2D eigenvalue weighted by molar-refractivity contribution is 5.97. The molecule has 0 atom stereocenters. The normalized spacial score (nSPS) is 11.3. The zero-order valence-corrected chi connectivity index (χ0v) is 17.9. The number of aromatic amines is 1. The topological polar surface area (TPSA) is 84.2 Å². The Bertz CT molecular complexity index is 1520. The van der Waals surface area contributed by atoms with Crippen molar-refractivity contribution in [2.45, 2.75) is 20.4 Å². The van der Waals surface area contributed by atoms with Gasteiger partial charge in [-0.05, 0) is 60.7 Å². The van der Waals surface area contributed by atoms with Gasteiger partial charge >= 0.3 is 0 Å². The van der Waals surface area contributed by atoms with E-state index in [1.54, 1.807) is 27.5 Å². The van der Waals surface area contributed by atoms with Gasteiger partial charge in [0.05, 0.1) is 5.69 Å². The second-order valence-corrected chi connectivity index (χ2v) is 7.99. The summed E-state index contributed by atoms with van der Waals surface area (Å²) < 4.78 is 3.20. The summed E-state index contributed by atoms with van der Waals surface area (Å²) in [6.45, 7) is 4.84. The fourth-order valence-electron chi connectivity index (χ4n) is 3.83. The van der Waals surface area contributed by atoms with Crippen molar-refractivity contribution in [1.82, 2.24) is 24.5 Å². The molecule has 0 fully saturated rings. The number of nitrogens with zero attached hydrogens (tertiary/aromatic N) is 3. The summed E-state index contributed by atoms with van der Waals surface area (Å²) >= 11 is 0. The Balaban J connectivity index is 1.32. The lowest BCUT2D eigenvalue weighted by Crippen LogP contribution is -2.31. The Morgan fingerprint density at radius 1 is 1.03 bits per heavy atom. The molecule has 5 aromatic rings. The molecule has 0 radical (unpaired) electrons. The van der Waals surface area contributed by atoms with Gasteiger partial charge in [0.25, 0.3) is 11.5 Å². The summed E-state index contributed by atoms with van der Waals surface area (Å²) in [6, 6.07) is 15.5. The first-order valence-electron chi connectivity index (χ1n) is 10.5. The van der Waals surface area contributed by atoms with Crippen molar-refractivity contribution in [1.29, 1.82) is 0 Å². The van der Waals surface area contributed by atoms with Crippen molar-refractivity contribution < 1.29 is 4.79 Å². The molecule has 0 unspecified atom stereocenters. The zero-order chi connectivity index (χ0) is 22.2. The number of hydrogen-bond donors (Lipinski definition) is 2. The van der Waals surface area contributed by atoms with Crippen LogP contribution in [0.5, 0.6) is 0 Å². The van der Waals surface area contributed by atoms with Gasteiger partial charge in [-0.25, -0.2) is 4.52 Å². The lowest BCUT2D eigenvalue weighted by atomic mass is 10.0. The maximum absolute atomic E-state index is 12.9. The Hall–Kier alpha value is -4.13.